The fourth-order valence-corrected chi connectivity index (χ4v) is 3.23. The van der Waals surface area contributed by atoms with Crippen molar-refractivity contribution in [1.29, 1.82) is 0 Å². The van der Waals surface area contributed by atoms with Crippen LogP contribution in [-0.4, -0.2) is 22.2 Å². The van der Waals surface area contributed by atoms with Gasteiger partial charge in [0.25, 0.3) is 0 Å². The summed E-state index contributed by atoms with van der Waals surface area (Å²) in [4.78, 5) is 23.8. The van der Waals surface area contributed by atoms with Crippen molar-refractivity contribution >= 4 is 28.2 Å². The van der Waals surface area contributed by atoms with Crippen LogP contribution < -0.4 is 16.5 Å². The zero-order chi connectivity index (χ0) is 19.4. The Hall–Kier alpha value is -3.28. The highest BCUT2D eigenvalue weighted by Crippen LogP contribution is 2.24. The predicted molar refractivity (Wildman–Crippen MR) is 109 cm³/mol. The summed E-state index contributed by atoms with van der Waals surface area (Å²) in [7, 11) is 0. The summed E-state index contributed by atoms with van der Waals surface area (Å²) >= 11 is 0. The molecule has 2 aromatic carbocycles. The zero-order valence-corrected chi connectivity index (χ0v) is 15.2. The molecular formula is C21H23N3O3. The molecule has 0 atom stereocenters. The fourth-order valence-electron chi connectivity index (χ4n) is 3.23. The van der Waals surface area contributed by atoms with Crippen LogP contribution in [-0.2, 0) is 13.0 Å². The van der Waals surface area contributed by atoms with Crippen molar-refractivity contribution in [1.82, 2.24) is 4.57 Å². The number of carboxylic acids is 1. The Labute approximate surface area is 157 Å². The van der Waals surface area contributed by atoms with Crippen molar-refractivity contribution in [3.05, 3.63) is 70.0 Å². The largest absolute Gasteiger partial charge is 0.477 e. The molecule has 3 aromatic rings. The molecule has 0 saturated heterocycles. The highest BCUT2D eigenvalue weighted by molar-refractivity contribution is 5.98. The Kier molecular flexibility index (Phi) is 5.45. The number of rotatable bonds is 7. The molecule has 0 aliphatic rings. The van der Waals surface area contributed by atoms with Crippen LogP contribution in [0.15, 0.2) is 53.5 Å². The number of nitrogens with one attached hydrogen (secondary N) is 1. The van der Waals surface area contributed by atoms with Gasteiger partial charge in [0, 0.05) is 30.7 Å². The van der Waals surface area contributed by atoms with Gasteiger partial charge in [0.1, 0.15) is 5.56 Å². The molecule has 3 rings (SSSR count). The van der Waals surface area contributed by atoms with E-state index in [2.05, 4.69) is 17.4 Å². The van der Waals surface area contributed by atoms with Crippen LogP contribution in [0.1, 0.15) is 29.3 Å². The Morgan fingerprint density at radius 3 is 2.63 bits per heavy atom. The van der Waals surface area contributed by atoms with Crippen LogP contribution in [0.2, 0.25) is 0 Å². The molecule has 0 saturated carbocycles. The first-order valence-corrected chi connectivity index (χ1v) is 8.99. The van der Waals surface area contributed by atoms with Gasteiger partial charge in [-0.05, 0) is 37.5 Å². The standard InChI is InChI=1S/C21H23N3O3/c1-2-24-13-16(21(26)27)20(25)19-17(22)11-15(12-18(19)24)23-10-6-9-14-7-4-3-5-8-14/h3-5,7-8,11-13,23H,2,6,9-10,22H2,1H3,(H,26,27). The third-order valence-corrected chi connectivity index (χ3v) is 4.60. The molecule has 1 heterocycles. The van der Waals surface area contributed by atoms with E-state index in [0.717, 1.165) is 25.1 Å². The highest BCUT2D eigenvalue weighted by atomic mass is 16.4. The van der Waals surface area contributed by atoms with E-state index in [1.54, 1.807) is 10.6 Å². The lowest BCUT2D eigenvalue weighted by Gasteiger charge is -2.14. The van der Waals surface area contributed by atoms with E-state index in [9.17, 15) is 14.7 Å². The maximum Gasteiger partial charge on any atom is 0.341 e. The lowest BCUT2D eigenvalue weighted by molar-refractivity contribution is 0.0695. The maximum absolute atomic E-state index is 12.5. The predicted octanol–water partition coefficient (Wildman–Crippen LogP) is 3.35. The average Bonchev–Trinajstić information content (AvgIpc) is 2.66. The molecule has 1 aromatic heterocycles. The van der Waals surface area contributed by atoms with E-state index in [-0.39, 0.29) is 16.6 Å². The second kappa shape index (κ2) is 7.95. The van der Waals surface area contributed by atoms with E-state index < -0.39 is 11.4 Å². The molecule has 0 aliphatic carbocycles. The number of nitrogens with two attached hydrogens (primary N) is 1. The Bertz CT molecular complexity index is 1030. The summed E-state index contributed by atoms with van der Waals surface area (Å²) in [5.74, 6) is -1.24. The van der Waals surface area contributed by atoms with Gasteiger partial charge in [-0.25, -0.2) is 4.79 Å². The number of aryl methyl sites for hydroxylation is 2. The SMILES string of the molecule is CCn1cc(C(=O)O)c(=O)c2c(N)cc(NCCCc3ccccc3)cc21. The molecule has 6 nitrogen and oxygen atoms in total. The second-order valence-electron chi connectivity index (χ2n) is 6.44. The van der Waals surface area contributed by atoms with Crippen LogP contribution in [0.5, 0.6) is 0 Å². The normalized spacial score (nSPS) is 10.9. The molecule has 27 heavy (non-hydrogen) atoms. The number of fused-ring (bicyclic) bond motifs is 1. The van der Waals surface area contributed by atoms with Gasteiger partial charge in [0.2, 0.25) is 5.43 Å². The van der Waals surface area contributed by atoms with Crippen molar-refractivity contribution in [3.63, 3.8) is 0 Å². The topological polar surface area (TPSA) is 97.4 Å². The lowest BCUT2D eigenvalue weighted by Crippen LogP contribution is -2.20. The van der Waals surface area contributed by atoms with Gasteiger partial charge >= 0.3 is 5.97 Å². The van der Waals surface area contributed by atoms with Crippen LogP contribution in [0.4, 0.5) is 11.4 Å². The minimum atomic E-state index is -1.24. The number of benzene rings is 2. The van der Waals surface area contributed by atoms with Gasteiger partial charge in [-0.15, -0.1) is 0 Å². The molecule has 0 fully saturated rings. The van der Waals surface area contributed by atoms with Gasteiger partial charge in [-0.2, -0.15) is 0 Å². The van der Waals surface area contributed by atoms with Crippen LogP contribution in [0.3, 0.4) is 0 Å². The quantitative estimate of drug-likeness (QED) is 0.441. The van der Waals surface area contributed by atoms with Gasteiger partial charge < -0.3 is 20.7 Å². The summed E-state index contributed by atoms with van der Waals surface area (Å²) < 4.78 is 1.74. The van der Waals surface area contributed by atoms with Gasteiger partial charge in [0.05, 0.1) is 10.9 Å². The van der Waals surface area contributed by atoms with Crippen LogP contribution >= 0.6 is 0 Å². The number of aromatic nitrogens is 1. The number of pyridine rings is 1. The number of carboxylic acid groups (broad SMARTS) is 1. The van der Waals surface area contributed by atoms with Crippen molar-refractivity contribution in [2.24, 2.45) is 0 Å². The Morgan fingerprint density at radius 1 is 1.22 bits per heavy atom. The Morgan fingerprint density at radius 2 is 1.96 bits per heavy atom. The summed E-state index contributed by atoms with van der Waals surface area (Å²) in [5.41, 5.74) is 8.32. The van der Waals surface area contributed by atoms with Crippen molar-refractivity contribution in [2.75, 3.05) is 17.6 Å². The summed E-state index contributed by atoms with van der Waals surface area (Å²) in [6, 6.07) is 13.8. The molecule has 0 aliphatic heterocycles. The van der Waals surface area contributed by atoms with Crippen LogP contribution in [0.25, 0.3) is 10.9 Å². The number of nitrogen functional groups attached to an aromatic ring is 1. The van der Waals surface area contributed by atoms with Crippen molar-refractivity contribution in [3.8, 4) is 0 Å². The van der Waals surface area contributed by atoms with Gasteiger partial charge in [-0.1, -0.05) is 30.3 Å². The van der Waals surface area contributed by atoms with E-state index in [4.69, 9.17) is 5.73 Å². The molecule has 0 unspecified atom stereocenters. The number of nitrogens with zero attached hydrogens (tertiary/aromatic N) is 1. The number of anilines is 2. The summed E-state index contributed by atoms with van der Waals surface area (Å²) in [6.45, 7) is 3.20. The first-order chi connectivity index (χ1) is 13.0. The minimum absolute atomic E-state index is 0.256. The first-order valence-electron chi connectivity index (χ1n) is 8.99. The van der Waals surface area contributed by atoms with Gasteiger partial charge in [0.15, 0.2) is 0 Å². The monoisotopic (exact) mass is 365 g/mol. The number of hydrogen-bond donors (Lipinski definition) is 3. The molecule has 4 N–H and O–H groups in total. The Balaban J connectivity index is 1.84. The smallest absolute Gasteiger partial charge is 0.341 e. The molecular weight excluding hydrogens is 342 g/mol. The molecule has 0 spiro atoms. The summed E-state index contributed by atoms with van der Waals surface area (Å²) in [5, 5.41) is 12.9. The van der Waals surface area contributed by atoms with E-state index in [1.807, 2.05) is 31.2 Å². The van der Waals surface area contributed by atoms with Gasteiger partial charge in [-0.3, -0.25) is 4.79 Å². The summed E-state index contributed by atoms with van der Waals surface area (Å²) in [6.07, 6.45) is 3.31. The van der Waals surface area contributed by atoms with E-state index in [1.165, 1.54) is 11.8 Å². The molecule has 0 bridgehead atoms. The number of carbonyl (C=O) groups is 1. The van der Waals surface area contributed by atoms with Crippen LogP contribution in [0, 0.1) is 0 Å². The minimum Gasteiger partial charge on any atom is -0.477 e. The fraction of sp³-hybridized carbons (Fsp3) is 0.238. The lowest BCUT2D eigenvalue weighted by atomic mass is 10.1. The third kappa shape index (κ3) is 3.95. The highest BCUT2D eigenvalue weighted by Gasteiger charge is 2.16. The molecule has 0 radical (unpaired) electrons. The molecule has 0 amide bonds. The third-order valence-electron chi connectivity index (χ3n) is 4.60. The second-order valence-corrected chi connectivity index (χ2v) is 6.44. The van der Waals surface area contributed by atoms with E-state index in [0.29, 0.717) is 12.1 Å². The number of hydrogen-bond acceptors (Lipinski definition) is 4. The van der Waals surface area contributed by atoms with E-state index >= 15 is 0 Å². The average molecular weight is 365 g/mol. The van der Waals surface area contributed by atoms with Crippen molar-refractivity contribution in [2.45, 2.75) is 26.3 Å². The first kappa shape index (κ1) is 18.5. The molecule has 140 valence electrons. The maximum atomic E-state index is 12.5. The number of aromatic carboxylic acids is 1. The zero-order valence-electron chi connectivity index (χ0n) is 15.2. The molecule has 6 heteroatoms. The van der Waals surface area contributed by atoms with Crippen molar-refractivity contribution < 1.29 is 9.90 Å².